The second-order valence-corrected chi connectivity index (χ2v) is 15.3. The van der Waals surface area contributed by atoms with Crippen LogP contribution in [0.4, 0.5) is 0 Å². The van der Waals surface area contributed by atoms with Gasteiger partial charge in [0.05, 0.1) is 11.4 Å². The Kier molecular flexibility index (Phi) is 6.93. The smallest absolute Gasteiger partial charge is 0.161 e. The number of fused-ring (bicyclic) bond motifs is 8. The third-order valence-electron chi connectivity index (χ3n) is 11.8. The molecule has 0 N–H and O–H groups in total. The molecule has 2 heteroatoms. The Morgan fingerprint density at radius 2 is 0.873 bits per heavy atom. The maximum absolute atomic E-state index is 5.43. The van der Waals surface area contributed by atoms with Gasteiger partial charge in [0, 0.05) is 22.1 Å². The van der Waals surface area contributed by atoms with Gasteiger partial charge in [-0.1, -0.05) is 166 Å². The van der Waals surface area contributed by atoms with Gasteiger partial charge in [-0.05, 0) is 107 Å². The van der Waals surface area contributed by atoms with Crippen LogP contribution >= 0.6 is 0 Å². The Labute approximate surface area is 320 Å². The molecule has 11 rings (SSSR count). The molecule has 1 aliphatic rings. The summed E-state index contributed by atoms with van der Waals surface area (Å²) in [6.45, 7) is 4.76. The summed E-state index contributed by atoms with van der Waals surface area (Å²) in [7, 11) is 0. The van der Waals surface area contributed by atoms with Gasteiger partial charge in [0.15, 0.2) is 5.82 Å². The molecule has 0 spiro atoms. The van der Waals surface area contributed by atoms with E-state index in [1.807, 2.05) is 0 Å². The molecule has 2 nitrogen and oxygen atoms in total. The van der Waals surface area contributed by atoms with Crippen LogP contribution in [0.15, 0.2) is 182 Å². The predicted molar refractivity (Wildman–Crippen MR) is 231 cm³/mol. The zero-order chi connectivity index (χ0) is 36.7. The summed E-state index contributed by atoms with van der Waals surface area (Å²) < 4.78 is 0. The summed E-state index contributed by atoms with van der Waals surface area (Å²) in [6, 6.07) is 65.9. The van der Waals surface area contributed by atoms with Crippen molar-refractivity contribution in [2.75, 3.05) is 0 Å². The molecule has 0 radical (unpaired) electrons. The van der Waals surface area contributed by atoms with Crippen molar-refractivity contribution in [1.82, 2.24) is 9.97 Å². The fourth-order valence-electron chi connectivity index (χ4n) is 9.25. The van der Waals surface area contributed by atoms with Crippen LogP contribution in [0.5, 0.6) is 0 Å². The lowest BCUT2D eigenvalue weighted by Crippen LogP contribution is -2.16. The molecule has 0 fully saturated rings. The van der Waals surface area contributed by atoms with Crippen molar-refractivity contribution < 1.29 is 0 Å². The lowest BCUT2D eigenvalue weighted by Gasteiger charge is -2.25. The fraction of sp³-hybridized carbons (Fsp3) is 0.0566. The Balaban J connectivity index is 1.13. The lowest BCUT2D eigenvalue weighted by atomic mass is 9.78. The van der Waals surface area contributed by atoms with Crippen molar-refractivity contribution in [3.8, 4) is 56.2 Å². The SMILES string of the molecule is CC1(C)c2cc3ccccc3cc2-c2cccc(-c3ccc(-c4nc(-c5ccccc5)cc(-c5cc6ccccc6c6ccccc56)n4)c4ccccc34)c21. The molecule has 0 saturated carbocycles. The summed E-state index contributed by atoms with van der Waals surface area (Å²) in [5.74, 6) is 0.717. The van der Waals surface area contributed by atoms with E-state index < -0.39 is 0 Å². The highest BCUT2D eigenvalue weighted by Crippen LogP contribution is 2.54. The van der Waals surface area contributed by atoms with Gasteiger partial charge in [0.25, 0.3) is 0 Å². The van der Waals surface area contributed by atoms with Crippen LogP contribution in [0.1, 0.15) is 25.0 Å². The topological polar surface area (TPSA) is 25.8 Å². The van der Waals surface area contributed by atoms with E-state index in [9.17, 15) is 0 Å². The number of rotatable bonds is 4. The van der Waals surface area contributed by atoms with E-state index >= 15 is 0 Å². The van der Waals surface area contributed by atoms with Crippen LogP contribution < -0.4 is 0 Å². The third-order valence-corrected chi connectivity index (χ3v) is 11.8. The standard InChI is InChI=1S/C53H36N2/c1-53(2)48-31-35-18-7-6-17-34(35)29-46(48)44-26-14-25-43(51(44)53)42-27-28-45(40-23-12-11-22-39(40)42)52-54-49(33-15-4-3-5-16-33)32-50(55-52)47-30-36-19-8-9-20-37(36)38-21-10-13-24-41(38)47/h3-32H,1-2H3. The maximum atomic E-state index is 5.43. The van der Waals surface area contributed by atoms with E-state index in [-0.39, 0.29) is 5.41 Å². The van der Waals surface area contributed by atoms with E-state index in [0.717, 1.165) is 33.5 Å². The molecule has 1 aliphatic carbocycles. The normalized spacial score (nSPS) is 13.1. The maximum Gasteiger partial charge on any atom is 0.161 e. The molecule has 10 aromatic rings. The van der Waals surface area contributed by atoms with E-state index in [2.05, 4.69) is 196 Å². The molecular weight excluding hydrogens is 665 g/mol. The summed E-state index contributed by atoms with van der Waals surface area (Å²) in [4.78, 5) is 10.8. The molecule has 0 saturated heterocycles. The summed E-state index contributed by atoms with van der Waals surface area (Å²) in [5, 5.41) is 9.73. The lowest BCUT2D eigenvalue weighted by molar-refractivity contribution is 0.663. The Bertz CT molecular complexity index is 3170. The van der Waals surface area contributed by atoms with Crippen LogP contribution in [-0.4, -0.2) is 9.97 Å². The quantitative estimate of drug-likeness (QED) is 0.171. The van der Waals surface area contributed by atoms with Crippen LogP contribution in [0.25, 0.3) is 99.2 Å². The van der Waals surface area contributed by atoms with Gasteiger partial charge in [-0.25, -0.2) is 9.97 Å². The summed E-state index contributed by atoms with van der Waals surface area (Å²) in [6.07, 6.45) is 0. The number of hydrogen-bond acceptors (Lipinski definition) is 2. The second kappa shape index (κ2) is 12.1. The Hall–Kier alpha value is -6.90. The first-order chi connectivity index (χ1) is 27.0. The highest BCUT2D eigenvalue weighted by Gasteiger charge is 2.38. The highest BCUT2D eigenvalue weighted by atomic mass is 14.9. The van der Waals surface area contributed by atoms with Crippen molar-refractivity contribution in [1.29, 1.82) is 0 Å². The van der Waals surface area contributed by atoms with Crippen molar-refractivity contribution >= 4 is 43.1 Å². The van der Waals surface area contributed by atoms with E-state index in [0.29, 0.717) is 5.82 Å². The van der Waals surface area contributed by atoms with Crippen molar-refractivity contribution in [2.24, 2.45) is 0 Å². The molecule has 0 aliphatic heterocycles. The average Bonchev–Trinajstić information content (AvgIpc) is 3.47. The highest BCUT2D eigenvalue weighted by molar-refractivity contribution is 6.14. The first-order valence-electron chi connectivity index (χ1n) is 19.1. The summed E-state index contributed by atoms with van der Waals surface area (Å²) >= 11 is 0. The van der Waals surface area contributed by atoms with Crippen LogP contribution in [0, 0.1) is 0 Å². The minimum absolute atomic E-state index is 0.171. The van der Waals surface area contributed by atoms with E-state index in [1.54, 1.807) is 0 Å². The van der Waals surface area contributed by atoms with Gasteiger partial charge in [0.2, 0.25) is 0 Å². The van der Waals surface area contributed by atoms with Crippen molar-refractivity contribution in [2.45, 2.75) is 19.3 Å². The molecule has 9 aromatic carbocycles. The van der Waals surface area contributed by atoms with Gasteiger partial charge in [-0.3, -0.25) is 0 Å². The number of hydrogen-bond donors (Lipinski definition) is 0. The molecule has 258 valence electrons. The molecule has 0 unspecified atom stereocenters. The Morgan fingerprint density at radius 3 is 1.62 bits per heavy atom. The number of nitrogens with zero attached hydrogens (tertiary/aromatic N) is 2. The van der Waals surface area contributed by atoms with Crippen LogP contribution in [0.3, 0.4) is 0 Å². The van der Waals surface area contributed by atoms with E-state index in [4.69, 9.17) is 9.97 Å². The molecule has 0 amide bonds. The van der Waals surface area contributed by atoms with Crippen molar-refractivity contribution in [3.63, 3.8) is 0 Å². The largest absolute Gasteiger partial charge is 0.228 e. The minimum atomic E-state index is -0.171. The zero-order valence-electron chi connectivity index (χ0n) is 30.7. The number of benzene rings is 9. The predicted octanol–water partition coefficient (Wildman–Crippen LogP) is 14.1. The van der Waals surface area contributed by atoms with Gasteiger partial charge >= 0.3 is 0 Å². The minimum Gasteiger partial charge on any atom is -0.228 e. The molecule has 0 bridgehead atoms. The molecule has 55 heavy (non-hydrogen) atoms. The van der Waals surface area contributed by atoms with Gasteiger partial charge < -0.3 is 0 Å². The second-order valence-electron chi connectivity index (χ2n) is 15.3. The molecule has 1 heterocycles. The van der Waals surface area contributed by atoms with Gasteiger partial charge in [-0.2, -0.15) is 0 Å². The van der Waals surface area contributed by atoms with Crippen molar-refractivity contribution in [3.05, 3.63) is 193 Å². The third kappa shape index (κ3) is 4.88. The first kappa shape index (κ1) is 31.6. The molecule has 0 atom stereocenters. The first-order valence-corrected chi connectivity index (χ1v) is 19.1. The van der Waals surface area contributed by atoms with Gasteiger partial charge in [-0.15, -0.1) is 0 Å². The zero-order valence-corrected chi connectivity index (χ0v) is 30.7. The van der Waals surface area contributed by atoms with Gasteiger partial charge in [0.1, 0.15) is 0 Å². The average molecular weight is 701 g/mol. The Morgan fingerprint density at radius 1 is 0.345 bits per heavy atom. The molecule has 1 aromatic heterocycles. The number of aromatic nitrogens is 2. The van der Waals surface area contributed by atoms with Crippen LogP contribution in [-0.2, 0) is 5.41 Å². The van der Waals surface area contributed by atoms with E-state index in [1.165, 1.54) is 71.1 Å². The monoisotopic (exact) mass is 700 g/mol. The molecular formula is C53H36N2. The summed E-state index contributed by atoms with van der Waals surface area (Å²) in [5.41, 5.74) is 12.7. The fourth-order valence-corrected chi connectivity index (χ4v) is 9.25. The van der Waals surface area contributed by atoms with Crippen LogP contribution in [0.2, 0.25) is 0 Å².